The molecule has 0 bridgehead atoms. The number of benzene rings is 1. The number of carbonyl (C=O) groups is 3. The van der Waals surface area contributed by atoms with Gasteiger partial charge < -0.3 is 15.0 Å². The van der Waals surface area contributed by atoms with Crippen LogP contribution >= 0.6 is 11.3 Å². The van der Waals surface area contributed by atoms with E-state index < -0.39 is 17.8 Å². The van der Waals surface area contributed by atoms with E-state index in [2.05, 4.69) is 15.8 Å². The number of nitrogens with one attached hydrogen (secondary N) is 2. The quantitative estimate of drug-likeness (QED) is 0.319. The lowest BCUT2D eigenvalue weighted by atomic mass is 10.1. The van der Waals surface area contributed by atoms with Crippen LogP contribution in [0.1, 0.15) is 39.7 Å². The van der Waals surface area contributed by atoms with E-state index in [9.17, 15) is 14.4 Å². The number of thiophene rings is 1. The molecule has 1 aliphatic rings. The van der Waals surface area contributed by atoms with Crippen LogP contribution in [0.5, 0.6) is 0 Å². The lowest BCUT2D eigenvalue weighted by Gasteiger charge is -2.11. The highest BCUT2D eigenvalue weighted by atomic mass is 32.1. The number of anilines is 2. The molecule has 0 radical (unpaired) electrons. The molecule has 9 heteroatoms. The molecule has 0 unspecified atom stereocenters. The standard InChI is InChI=1S/C21H24N4O4S/c1-4-29-21(28)17-15-6-5-7-16(15)30-20(17)23-18(26)19(27)24-22-12-13-8-10-14(11-9-13)25(2)3/h8-12H,4-7H2,1-3H3,(H,23,26)(H,24,27)/b22-12+. The third kappa shape index (κ3) is 4.85. The molecule has 1 heterocycles. The number of nitrogens with zero attached hydrogens (tertiary/aromatic N) is 2. The van der Waals surface area contributed by atoms with Crippen LogP contribution in [-0.2, 0) is 27.2 Å². The van der Waals surface area contributed by atoms with Gasteiger partial charge in [0.1, 0.15) is 5.00 Å². The van der Waals surface area contributed by atoms with Gasteiger partial charge in [0.2, 0.25) is 0 Å². The maximum Gasteiger partial charge on any atom is 0.341 e. The number of aryl methyl sites for hydroxylation is 1. The van der Waals surface area contributed by atoms with Crippen molar-refractivity contribution < 1.29 is 19.1 Å². The number of hydrazone groups is 1. The molecule has 0 fully saturated rings. The molecule has 1 aliphatic carbocycles. The number of carbonyl (C=O) groups excluding carboxylic acids is 3. The topological polar surface area (TPSA) is 100 Å². The van der Waals surface area contributed by atoms with Crippen LogP contribution < -0.4 is 15.6 Å². The van der Waals surface area contributed by atoms with Gasteiger partial charge >= 0.3 is 17.8 Å². The molecule has 0 saturated carbocycles. The lowest BCUT2D eigenvalue weighted by Crippen LogP contribution is -2.32. The van der Waals surface area contributed by atoms with Gasteiger partial charge in [-0.05, 0) is 49.4 Å². The fraction of sp³-hybridized carbons (Fsp3) is 0.333. The number of rotatable bonds is 6. The van der Waals surface area contributed by atoms with Gasteiger partial charge in [-0.3, -0.25) is 9.59 Å². The minimum atomic E-state index is -0.917. The molecule has 0 saturated heterocycles. The highest BCUT2D eigenvalue weighted by Gasteiger charge is 2.29. The fourth-order valence-electron chi connectivity index (χ4n) is 3.15. The zero-order valence-electron chi connectivity index (χ0n) is 17.2. The summed E-state index contributed by atoms with van der Waals surface area (Å²) in [6, 6.07) is 7.54. The van der Waals surface area contributed by atoms with E-state index in [-0.39, 0.29) is 6.61 Å². The summed E-state index contributed by atoms with van der Waals surface area (Å²) in [4.78, 5) is 39.8. The fourth-order valence-corrected chi connectivity index (χ4v) is 4.42. The van der Waals surface area contributed by atoms with Gasteiger partial charge in [-0.15, -0.1) is 11.3 Å². The second kappa shape index (κ2) is 9.53. The Bertz CT molecular complexity index is 980. The Kier molecular flexibility index (Phi) is 6.83. The molecule has 0 spiro atoms. The van der Waals surface area contributed by atoms with Crippen molar-refractivity contribution in [2.75, 3.05) is 30.9 Å². The predicted octanol–water partition coefficient (Wildman–Crippen LogP) is 2.57. The average molecular weight is 429 g/mol. The number of amides is 2. The second-order valence-electron chi connectivity index (χ2n) is 6.92. The summed E-state index contributed by atoms with van der Waals surface area (Å²) in [6.07, 6.45) is 4.03. The van der Waals surface area contributed by atoms with Gasteiger partial charge in [-0.25, -0.2) is 10.2 Å². The first-order valence-electron chi connectivity index (χ1n) is 9.64. The summed E-state index contributed by atoms with van der Waals surface area (Å²) < 4.78 is 5.12. The number of esters is 1. The van der Waals surface area contributed by atoms with Gasteiger partial charge in [-0.2, -0.15) is 5.10 Å². The second-order valence-corrected chi connectivity index (χ2v) is 8.03. The zero-order valence-corrected chi connectivity index (χ0v) is 18.0. The molecule has 2 aromatic rings. The molecular weight excluding hydrogens is 404 g/mol. The van der Waals surface area contributed by atoms with Crippen LogP contribution in [-0.4, -0.2) is 44.7 Å². The third-order valence-electron chi connectivity index (χ3n) is 4.62. The SMILES string of the molecule is CCOC(=O)c1c(NC(=O)C(=O)N/N=C/c2ccc(N(C)C)cc2)sc2c1CCC2. The van der Waals surface area contributed by atoms with Crippen LogP contribution in [0.25, 0.3) is 0 Å². The number of ether oxygens (including phenoxy) is 1. The van der Waals surface area contributed by atoms with Crippen molar-refractivity contribution >= 4 is 46.0 Å². The van der Waals surface area contributed by atoms with E-state index in [4.69, 9.17) is 4.74 Å². The Morgan fingerprint density at radius 3 is 2.57 bits per heavy atom. The van der Waals surface area contributed by atoms with Gasteiger partial charge in [0.15, 0.2) is 0 Å². The van der Waals surface area contributed by atoms with Crippen molar-refractivity contribution in [3.05, 3.63) is 45.8 Å². The first kappa shape index (κ1) is 21.5. The van der Waals surface area contributed by atoms with Crippen molar-refractivity contribution in [3.63, 3.8) is 0 Å². The van der Waals surface area contributed by atoms with Crippen LogP contribution in [0, 0.1) is 0 Å². The normalized spacial score (nSPS) is 12.5. The number of hydrogen-bond acceptors (Lipinski definition) is 7. The van der Waals surface area contributed by atoms with Crippen LogP contribution in [0.4, 0.5) is 10.7 Å². The summed E-state index contributed by atoms with van der Waals surface area (Å²) in [5, 5.41) is 6.71. The van der Waals surface area contributed by atoms with Crippen LogP contribution in [0.2, 0.25) is 0 Å². The molecule has 0 aliphatic heterocycles. The van der Waals surface area contributed by atoms with Crippen LogP contribution in [0.15, 0.2) is 29.4 Å². The summed E-state index contributed by atoms with van der Waals surface area (Å²) in [5.41, 5.74) is 5.30. The predicted molar refractivity (Wildman–Crippen MR) is 117 cm³/mol. The third-order valence-corrected chi connectivity index (χ3v) is 5.83. The Morgan fingerprint density at radius 2 is 1.90 bits per heavy atom. The van der Waals surface area contributed by atoms with Crippen molar-refractivity contribution in [2.45, 2.75) is 26.2 Å². The van der Waals surface area contributed by atoms with Crippen molar-refractivity contribution in [3.8, 4) is 0 Å². The molecule has 2 N–H and O–H groups in total. The molecular formula is C21H24N4O4S. The van der Waals surface area contributed by atoms with Gasteiger partial charge in [0.05, 0.1) is 18.4 Å². The van der Waals surface area contributed by atoms with E-state index in [0.717, 1.165) is 41.0 Å². The molecule has 1 aromatic carbocycles. The molecule has 0 atom stereocenters. The average Bonchev–Trinajstić information content (AvgIpc) is 3.29. The first-order valence-corrected chi connectivity index (χ1v) is 10.5. The van der Waals surface area contributed by atoms with Crippen molar-refractivity contribution in [1.82, 2.24) is 5.43 Å². The van der Waals surface area contributed by atoms with E-state index in [1.54, 1.807) is 6.92 Å². The molecule has 8 nitrogen and oxygen atoms in total. The largest absolute Gasteiger partial charge is 0.462 e. The molecule has 3 rings (SSSR count). The van der Waals surface area contributed by atoms with Gasteiger partial charge in [0, 0.05) is 24.7 Å². The molecule has 30 heavy (non-hydrogen) atoms. The van der Waals surface area contributed by atoms with Crippen molar-refractivity contribution in [1.29, 1.82) is 0 Å². The Hall–Kier alpha value is -3.20. The summed E-state index contributed by atoms with van der Waals surface area (Å²) in [7, 11) is 3.88. The van der Waals surface area contributed by atoms with Crippen molar-refractivity contribution in [2.24, 2.45) is 5.10 Å². The lowest BCUT2D eigenvalue weighted by molar-refractivity contribution is -0.136. The number of hydrogen-bond donors (Lipinski definition) is 2. The minimum Gasteiger partial charge on any atom is -0.462 e. The smallest absolute Gasteiger partial charge is 0.341 e. The zero-order chi connectivity index (χ0) is 21.7. The summed E-state index contributed by atoms with van der Waals surface area (Å²) in [5.74, 6) is -2.29. The summed E-state index contributed by atoms with van der Waals surface area (Å²) >= 11 is 1.32. The summed E-state index contributed by atoms with van der Waals surface area (Å²) in [6.45, 7) is 1.96. The van der Waals surface area contributed by atoms with E-state index in [0.29, 0.717) is 10.6 Å². The van der Waals surface area contributed by atoms with Gasteiger partial charge in [-0.1, -0.05) is 12.1 Å². The molecule has 2 amide bonds. The Labute approximate surface area is 178 Å². The van der Waals surface area contributed by atoms with Crippen LogP contribution in [0.3, 0.4) is 0 Å². The first-order chi connectivity index (χ1) is 14.4. The highest BCUT2D eigenvalue weighted by molar-refractivity contribution is 7.17. The Morgan fingerprint density at radius 1 is 1.17 bits per heavy atom. The monoisotopic (exact) mass is 428 g/mol. The molecule has 158 valence electrons. The van der Waals surface area contributed by atoms with E-state index >= 15 is 0 Å². The highest BCUT2D eigenvalue weighted by Crippen LogP contribution is 2.39. The number of fused-ring (bicyclic) bond motifs is 1. The Balaban J connectivity index is 1.63. The minimum absolute atomic E-state index is 0.238. The molecule has 1 aromatic heterocycles. The van der Waals surface area contributed by atoms with Gasteiger partial charge in [0.25, 0.3) is 0 Å². The maximum atomic E-state index is 12.3. The maximum absolute atomic E-state index is 12.3. The van der Waals surface area contributed by atoms with E-state index in [1.807, 2.05) is 43.3 Å². The van der Waals surface area contributed by atoms with E-state index in [1.165, 1.54) is 17.6 Å².